The lowest BCUT2D eigenvalue weighted by molar-refractivity contribution is 0.0397. The first-order valence-corrected chi connectivity index (χ1v) is 10.9. The number of rotatable bonds is 3. The van der Waals surface area contributed by atoms with Crippen molar-refractivity contribution in [2.45, 2.75) is 13.0 Å². The van der Waals surface area contributed by atoms with E-state index < -0.39 is 5.82 Å². The Morgan fingerprint density at radius 3 is 2.76 bits per heavy atom. The molecule has 4 heterocycles. The van der Waals surface area contributed by atoms with Gasteiger partial charge in [0.15, 0.2) is 5.82 Å². The van der Waals surface area contributed by atoms with Crippen LogP contribution in [0, 0.1) is 12.7 Å². The quantitative estimate of drug-likeness (QED) is 0.458. The van der Waals surface area contributed by atoms with Gasteiger partial charge in [-0.15, -0.1) is 0 Å². The molecule has 8 nitrogen and oxygen atoms in total. The average Bonchev–Trinajstić information content (AvgIpc) is 3.23. The average molecular weight is 469 g/mol. The fourth-order valence-electron chi connectivity index (χ4n) is 4.16. The van der Waals surface area contributed by atoms with Crippen LogP contribution in [0.2, 0.25) is 5.02 Å². The van der Waals surface area contributed by atoms with Crippen molar-refractivity contribution >= 4 is 28.2 Å². The van der Waals surface area contributed by atoms with E-state index >= 15 is 0 Å². The van der Waals surface area contributed by atoms with E-state index in [4.69, 9.17) is 16.3 Å². The predicted octanol–water partition coefficient (Wildman–Crippen LogP) is 3.41. The summed E-state index contributed by atoms with van der Waals surface area (Å²) in [4.78, 5) is 24.1. The third-order valence-electron chi connectivity index (χ3n) is 5.98. The van der Waals surface area contributed by atoms with Crippen LogP contribution in [0.25, 0.3) is 22.2 Å². The molecule has 0 unspecified atom stereocenters. The van der Waals surface area contributed by atoms with Gasteiger partial charge in [0.1, 0.15) is 17.6 Å². The molecule has 1 atom stereocenters. The van der Waals surface area contributed by atoms with Crippen molar-refractivity contribution in [2.75, 3.05) is 24.6 Å². The zero-order chi connectivity index (χ0) is 23.3. The van der Waals surface area contributed by atoms with Gasteiger partial charge in [-0.1, -0.05) is 11.6 Å². The molecule has 0 saturated carbocycles. The normalized spacial score (nSPS) is 16.5. The van der Waals surface area contributed by atoms with E-state index in [1.54, 1.807) is 30.9 Å². The van der Waals surface area contributed by atoms with Crippen LogP contribution in [0.4, 0.5) is 10.1 Å². The van der Waals surface area contributed by atoms with Gasteiger partial charge in [0, 0.05) is 56.4 Å². The Morgan fingerprint density at radius 2 is 2.03 bits per heavy atom. The van der Waals surface area contributed by atoms with Crippen LogP contribution < -0.4 is 10.5 Å². The van der Waals surface area contributed by atoms with Crippen molar-refractivity contribution < 1.29 is 9.13 Å². The molecule has 5 rings (SSSR count). The maximum Gasteiger partial charge on any atom is 0.261 e. The van der Waals surface area contributed by atoms with Crippen molar-refractivity contribution in [1.82, 2.24) is 24.3 Å². The molecule has 0 spiro atoms. The van der Waals surface area contributed by atoms with E-state index in [1.165, 1.54) is 16.8 Å². The fraction of sp³-hybridized carbons (Fsp3) is 0.304. The number of hydrogen-bond acceptors (Lipinski definition) is 6. The summed E-state index contributed by atoms with van der Waals surface area (Å²) in [6.45, 7) is 3.50. The molecule has 1 saturated heterocycles. The minimum Gasteiger partial charge on any atom is -0.370 e. The monoisotopic (exact) mass is 468 g/mol. The summed E-state index contributed by atoms with van der Waals surface area (Å²) >= 11 is 5.92. The number of halogens is 2. The summed E-state index contributed by atoms with van der Waals surface area (Å²) in [6.07, 6.45) is 4.94. The third kappa shape index (κ3) is 3.87. The van der Waals surface area contributed by atoms with Crippen molar-refractivity contribution in [1.29, 1.82) is 0 Å². The standard InChI is InChI=1S/C23H22ClFN6O2/c1-13-28-19-8-16(31-4-5-33-20(12-31)14-9-27-29(2)11-14)7-17(21(19)23(32)30(13)3)22-18(25)6-15(24)10-26-22/h6-11,20H,4-5,12H2,1-3H3/t20-/m1/s1. The molecule has 170 valence electrons. The van der Waals surface area contributed by atoms with Gasteiger partial charge in [-0.2, -0.15) is 5.10 Å². The second kappa shape index (κ2) is 8.24. The predicted molar refractivity (Wildman–Crippen MR) is 124 cm³/mol. The number of morpholine rings is 1. The second-order valence-electron chi connectivity index (χ2n) is 8.15. The Kier molecular flexibility index (Phi) is 5.38. The molecule has 0 N–H and O–H groups in total. The molecule has 0 amide bonds. The molecule has 1 fully saturated rings. The van der Waals surface area contributed by atoms with Crippen LogP contribution in [0.15, 0.2) is 41.6 Å². The van der Waals surface area contributed by atoms with Crippen molar-refractivity contribution in [3.05, 3.63) is 69.4 Å². The van der Waals surface area contributed by atoms with E-state index in [0.717, 1.165) is 11.3 Å². The smallest absolute Gasteiger partial charge is 0.261 e. The molecule has 1 aliphatic heterocycles. The zero-order valence-corrected chi connectivity index (χ0v) is 19.2. The highest BCUT2D eigenvalue weighted by molar-refractivity contribution is 6.30. The van der Waals surface area contributed by atoms with Gasteiger partial charge in [-0.3, -0.25) is 19.0 Å². The number of nitrogens with zero attached hydrogens (tertiary/aromatic N) is 6. The first-order chi connectivity index (χ1) is 15.8. The lowest BCUT2D eigenvalue weighted by atomic mass is 10.0. The number of pyridine rings is 1. The number of aromatic nitrogens is 5. The molecular formula is C23H22ClFN6O2. The van der Waals surface area contributed by atoms with Crippen molar-refractivity contribution in [2.24, 2.45) is 14.1 Å². The van der Waals surface area contributed by atoms with Gasteiger partial charge in [0.05, 0.1) is 28.7 Å². The van der Waals surface area contributed by atoms with E-state index in [0.29, 0.717) is 42.0 Å². The van der Waals surface area contributed by atoms with Gasteiger partial charge in [0.2, 0.25) is 0 Å². The van der Waals surface area contributed by atoms with Gasteiger partial charge in [-0.05, 0) is 25.1 Å². The Labute approximate surface area is 194 Å². The molecule has 3 aromatic heterocycles. The minimum absolute atomic E-state index is 0.0612. The largest absolute Gasteiger partial charge is 0.370 e. The second-order valence-corrected chi connectivity index (χ2v) is 8.58. The topological polar surface area (TPSA) is 78.1 Å². The molecule has 0 bridgehead atoms. The Morgan fingerprint density at radius 1 is 1.21 bits per heavy atom. The summed E-state index contributed by atoms with van der Waals surface area (Å²) in [7, 11) is 3.51. The first-order valence-electron chi connectivity index (χ1n) is 10.5. The van der Waals surface area contributed by atoms with E-state index in [1.807, 2.05) is 19.3 Å². The van der Waals surface area contributed by atoms with Crippen LogP contribution in [0.3, 0.4) is 0 Å². The van der Waals surface area contributed by atoms with Crippen LogP contribution >= 0.6 is 11.6 Å². The van der Waals surface area contributed by atoms with Crippen LogP contribution in [-0.2, 0) is 18.8 Å². The van der Waals surface area contributed by atoms with Crippen LogP contribution in [-0.4, -0.2) is 44.0 Å². The SMILES string of the molecule is Cc1nc2cc(N3CCO[C@@H](c4cnn(C)c4)C3)cc(-c3ncc(Cl)cc3F)c2c(=O)n1C. The highest BCUT2D eigenvalue weighted by Gasteiger charge is 2.25. The van der Waals surface area contributed by atoms with E-state index in [2.05, 4.69) is 20.0 Å². The summed E-state index contributed by atoms with van der Waals surface area (Å²) in [5.74, 6) is -0.0332. The molecule has 0 aliphatic carbocycles. The number of fused-ring (bicyclic) bond motifs is 1. The van der Waals surface area contributed by atoms with Crippen LogP contribution in [0.1, 0.15) is 17.5 Å². The summed E-state index contributed by atoms with van der Waals surface area (Å²) < 4.78 is 24.1. The van der Waals surface area contributed by atoms with E-state index in [9.17, 15) is 9.18 Å². The molecule has 10 heteroatoms. The lowest BCUT2D eigenvalue weighted by Gasteiger charge is -2.34. The first kappa shape index (κ1) is 21.5. The lowest BCUT2D eigenvalue weighted by Crippen LogP contribution is -2.38. The number of benzene rings is 1. The number of hydrogen-bond donors (Lipinski definition) is 0. The number of ether oxygens (including phenoxy) is 1. The highest BCUT2D eigenvalue weighted by atomic mass is 35.5. The summed E-state index contributed by atoms with van der Waals surface area (Å²) in [5.41, 5.74) is 2.47. The van der Waals surface area contributed by atoms with Gasteiger partial charge < -0.3 is 9.64 Å². The van der Waals surface area contributed by atoms with Gasteiger partial charge >= 0.3 is 0 Å². The van der Waals surface area contributed by atoms with Crippen molar-refractivity contribution in [3.63, 3.8) is 0 Å². The fourth-order valence-corrected chi connectivity index (χ4v) is 4.31. The highest BCUT2D eigenvalue weighted by Crippen LogP contribution is 2.34. The zero-order valence-electron chi connectivity index (χ0n) is 18.4. The summed E-state index contributed by atoms with van der Waals surface area (Å²) in [6, 6.07) is 4.86. The van der Waals surface area contributed by atoms with Crippen molar-refractivity contribution in [3.8, 4) is 11.3 Å². The summed E-state index contributed by atoms with van der Waals surface area (Å²) in [5, 5.41) is 4.74. The Bertz CT molecular complexity index is 1430. The minimum atomic E-state index is -0.598. The molecule has 1 aromatic carbocycles. The van der Waals surface area contributed by atoms with Gasteiger partial charge in [0.25, 0.3) is 5.56 Å². The maximum atomic E-state index is 14.9. The molecule has 33 heavy (non-hydrogen) atoms. The number of anilines is 1. The molecule has 1 aliphatic rings. The number of aryl methyl sites for hydroxylation is 2. The molecule has 0 radical (unpaired) electrons. The third-order valence-corrected chi connectivity index (χ3v) is 6.19. The van der Waals surface area contributed by atoms with E-state index in [-0.39, 0.29) is 22.4 Å². The molecule has 4 aromatic rings. The van der Waals surface area contributed by atoms with Gasteiger partial charge in [-0.25, -0.2) is 9.37 Å². The maximum absolute atomic E-state index is 14.9. The Balaban J connectivity index is 1.67. The Hall–Kier alpha value is -3.30. The van der Waals surface area contributed by atoms with Crippen LogP contribution in [0.5, 0.6) is 0 Å². The molecular weight excluding hydrogens is 447 g/mol.